The van der Waals surface area contributed by atoms with Crippen molar-refractivity contribution in [1.29, 1.82) is 0 Å². The molecule has 11 heteroatoms. The molecule has 6 N–H and O–H groups in total. The number of phenols is 1. The molecule has 0 bridgehead atoms. The summed E-state index contributed by atoms with van der Waals surface area (Å²) >= 11 is 6.31. The van der Waals surface area contributed by atoms with E-state index >= 15 is 0 Å². The van der Waals surface area contributed by atoms with Crippen molar-refractivity contribution in [3.8, 4) is 11.5 Å². The second-order valence-electron chi connectivity index (χ2n) is 8.65. The number of hydrogen-bond donors (Lipinski definition) is 6. The van der Waals surface area contributed by atoms with E-state index in [-0.39, 0.29) is 11.5 Å². The number of fused-ring (bicyclic) bond motifs is 2. The predicted molar refractivity (Wildman–Crippen MR) is 127 cm³/mol. The number of carboxylic acids is 1. The van der Waals surface area contributed by atoms with E-state index in [0.717, 1.165) is 29.9 Å². The maximum absolute atomic E-state index is 11.5. The van der Waals surface area contributed by atoms with Crippen molar-refractivity contribution in [2.24, 2.45) is 0 Å². The lowest BCUT2D eigenvalue weighted by Gasteiger charge is -2.39. The standard InChI is InChI=1S/C24H29ClN2O8/c1-26-9-2-10-27-15-7-8-17(28)21(14(15)6-4-12-3-5-13(25)11-16(12)27)34-24-20(31)18(29)19(30)22(35-24)23(32)33/h3,5,7-8,11,18-20,22,24,26,28-31H,2,4,6,9-10H2,1H3,(H,32,33)/t18-,19-,20+,22-,24+/m0/s1. The quantitative estimate of drug-likeness (QED) is 0.300. The number of aliphatic hydroxyl groups excluding tert-OH is 3. The Bertz CT molecular complexity index is 1080. The minimum atomic E-state index is -1.84. The van der Waals surface area contributed by atoms with Gasteiger partial charge in [0.1, 0.15) is 18.3 Å². The van der Waals surface area contributed by atoms with Gasteiger partial charge < -0.3 is 45.2 Å². The maximum atomic E-state index is 11.5. The Morgan fingerprint density at radius 3 is 2.63 bits per heavy atom. The Morgan fingerprint density at radius 1 is 1.14 bits per heavy atom. The van der Waals surface area contributed by atoms with Crippen molar-refractivity contribution in [2.45, 2.75) is 50.0 Å². The molecule has 5 atom stereocenters. The Kier molecular flexibility index (Phi) is 7.70. The number of carboxylic acid groups (broad SMARTS) is 1. The number of aliphatic hydroxyl groups is 3. The van der Waals surface area contributed by atoms with E-state index in [2.05, 4.69) is 10.2 Å². The van der Waals surface area contributed by atoms with Crippen molar-refractivity contribution in [1.82, 2.24) is 5.32 Å². The second-order valence-corrected chi connectivity index (χ2v) is 9.08. The van der Waals surface area contributed by atoms with Gasteiger partial charge in [-0.05, 0) is 62.7 Å². The minimum absolute atomic E-state index is 0.0109. The number of nitrogens with zero attached hydrogens (tertiary/aromatic N) is 1. The highest BCUT2D eigenvalue weighted by atomic mass is 35.5. The first-order chi connectivity index (χ1) is 16.7. The molecule has 0 spiro atoms. The second kappa shape index (κ2) is 10.6. The molecule has 1 fully saturated rings. The van der Waals surface area contributed by atoms with E-state index in [1.807, 2.05) is 25.2 Å². The fourth-order valence-corrected chi connectivity index (χ4v) is 4.71. The SMILES string of the molecule is CNCCCN1c2cc(Cl)ccc2CCc2c1ccc(O)c2O[C@@H]1O[C@H](C(=O)O)[C@@H](O)[C@H](O)[C@H]1O. The lowest BCUT2D eigenvalue weighted by atomic mass is 9.98. The molecule has 10 nitrogen and oxygen atoms in total. The average Bonchev–Trinajstić information content (AvgIpc) is 2.97. The van der Waals surface area contributed by atoms with E-state index in [4.69, 9.17) is 21.1 Å². The van der Waals surface area contributed by atoms with Crippen molar-refractivity contribution in [3.63, 3.8) is 0 Å². The first kappa shape index (κ1) is 25.5. The van der Waals surface area contributed by atoms with Crippen molar-refractivity contribution < 1.29 is 39.8 Å². The van der Waals surface area contributed by atoms with Gasteiger partial charge in [-0.15, -0.1) is 0 Å². The van der Waals surface area contributed by atoms with E-state index in [1.165, 1.54) is 6.07 Å². The molecule has 0 unspecified atom stereocenters. The van der Waals surface area contributed by atoms with Crippen LogP contribution in [0.1, 0.15) is 17.5 Å². The number of carbonyl (C=O) groups is 1. The molecule has 2 heterocycles. The molecule has 2 aromatic rings. The van der Waals surface area contributed by atoms with Crippen molar-refractivity contribution >= 4 is 28.9 Å². The first-order valence-corrected chi connectivity index (χ1v) is 11.7. The molecule has 0 saturated carbocycles. The highest BCUT2D eigenvalue weighted by Gasteiger charge is 2.48. The number of halogens is 1. The average molecular weight is 509 g/mol. The Morgan fingerprint density at radius 2 is 1.91 bits per heavy atom. The van der Waals surface area contributed by atoms with Crippen LogP contribution in [0.5, 0.6) is 11.5 Å². The summed E-state index contributed by atoms with van der Waals surface area (Å²) in [5.41, 5.74) is 3.38. The number of hydrogen-bond acceptors (Lipinski definition) is 9. The Balaban J connectivity index is 1.73. The fourth-order valence-electron chi connectivity index (χ4n) is 4.54. The summed E-state index contributed by atoms with van der Waals surface area (Å²) in [5, 5.41) is 54.3. The van der Waals surface area contributed by atoms with Gasteiger partial charge in [-0.3, -0.25) is 0 Å². The van der Waals surface area contributed by atoms with Gasteiger partial charge in [-0.25, -0.2) is 4.79 Å². The van der Waals surface area contributed by atoms with Crippen LogP contribution >= 0.6 is 11.6 Å². The predicted octanol–water partition coefficient (Wildman–Crippen LogP) is 1.16. The first-order valence-electron chi connectivity index (χ1n) is 11.4. The van der Waals surface area contributed by atoms with E-state index in [0.29, 0.717) is 30.0 Å². The molecular formula is C24H29ClN2O8. The summed E-state index contributed by atoms with van der Waals surface area (Å²) < 4.78 is 11.1. The van der Waals surface area contributed by atoms with Crippen LogP contribution in [0, 0.1) is 0 Å². The van der Waals surface area contributed by atoms with Gasteiger partial charge >= 0.3 is 5.97 Å². The number of phenolic OH excluding ortho intramolecular Hbond substituents is 1. The van der Waals surface area contributed by atoms with Crippen LogP contribution < -0.4 is 15.0 Å². The lowest BCUT2D eigenvalue weighted by molar-refractivity contribution is -0.271. The normalized spacial score (nSPS) is 26.0. The van der Waals surface area contributed by atoms with Crippen LogP contribution in [-0.2, 0) is 22.4 Å². The third-order valence-corrected chi connectivity index (χ3v) is 6.58. The summed E-state index contributed by atoms with van der Waals surface area (Å²) in [6, 6.07) is 8.88. The molecule has 0 radical (unpaired) electrons. The van der Waals surface area contributed by atoms with Gasteiger partial charge in [-0.1, -0.05) is 17.7 Å². The number of nitrogens with one attached hydrogen (secondary N) is 1. The number of ether oxygens (including phenoxy) is 2. The molecule has 0 aliphatic carbocycles. The molecular weight excluding hydrogens is 480 g/mol. The Hall–Kier alpha value is -2.60. The van der Waals surface area contributed by atoms with Crippen LogP contribution in [0.4, 0.5) is 11.4 Å². The molecule has 190 valence electrons. The molecule has 0 aromatic heterocycles. The number of anilines is 2. The van der Waals surface area contributed by atoms with Crippen molar-refractivity contribution in [3.05, 3.63) is 46.5 Å². The third kappa shape index (κ3) is 5.04. The largest absolute Gasteiger partial charge is 0.504 e. The van der Waals surface area contributed by atoms with Gasteiger partial charge in [0.25, 0.3) is 0 Å². The zero-order chi connectivity index (χ0) is 25.3. The third-order valence-electron chi connectivity index (χ3n) is 6.34. The summed E-state index contributed by atoms with van der Waals surface area (Å²) in [6.07, 6.45) is -6.97. The zero-order valence-electron chi connectivity index (χ0n) is 19.1. The van der Waals surface area contributed by atoms with E-state index in [9.17, 15) is 30.3 Å². The van der Waals surface area contributed by atoms with Crippen LogP contribution in [-0.4, -0.2) is 82.3 Å². The van der Waals surface area contributed by atoms with Gasteiger partial charge in [0.05, 0.1) is 0 Å². The van der Waals surface area contributed by atoms with Gasteiger partial charge in [0, 0.05) is 28.5 Å². The Labute approximate surface area is 207 Å². The number of rotatable bonds is 7. The van der Waals surface area contributed by atoms with E-state index in [1.54, 1.807) is 6.07 Å². The monoisotopic (exact) mass is 508 g/mol. The number of aryl methyl sites for hydroxylation is 1. The molecule has 4 rings (SSSR count). The number of benzene rings is 2. The molecule has 2 aromatic carbocycles. The highest BCUT2D eigenvalue weighted by molar-refractivity contribution is 6.30. The topological polar surface area (TPSA) is 152 Å². The smallest absolute Gasteiger partial charge is 0.335 e. The lowest BCUT2D eigenvalue weighted by Crippen LogP contribution is -2.61. The molecule has 1 saturated heterocycles. The summed E-state index contributed by atoms with van der Waals surface area (Å²) in [4.78, 5) is 13.6. The highest BCUT2D eigenvalue weighted by Crippen LogP contribution is 2.45. The van der Waals surface area contributed by atoms with Gasteiger partial charge in [0.2, 0.25) is 6.29 Å². The summed E-state index contributed by atoms with van der Waals surface area (Å²) in [6.45, 7) is 1.42. The van der Waals surface area contributed by atoms with Gasteiger partial charge in [0.15, 0.2) is 17.6 Å². The maximum Gasteiger partial charge on any atom is 0.335 e. The van der Waals surface area contributed by atoms with Crippen LogP contribution in [0.2, 0.25) is 5.02 Å². The molecule has 0 amide bonds. The number of aliphatic carboxylic acids is 1. The number of aromatic hydroxyl groups is 1. The zero-order valence-corrected chi connectivity index (χ0v) is 19.9. The minimum Gasteiger partial charge on any atom is -0.504 e. The molecule has 35 heavy (non-hydrogen) atoms. The van der Waals surface area contributed by atoms with Crippen LogP contribution in [0.3, 0.4) is 0 Å². The molecule has 2 aliphatic rings. The molecule has 2 aliphatic heterocycles. The van der Waals surface area contributed by atoms with Crippen LogP contribution in [0.25, 0.3) is 0 Å². The van der Waals surface area contributed by atoms with Crippen LogP contribution in [0.15, 0.2) is 30.3 Å². The van der Waals surface area contributed by atoms with Gasteiger partial charge in [-0.2, -0.15) is 0 Å². The summed E-state index contributed by atoms with van der Waals surface area (Å²) in [7, 11) is 1.87. The van der Waals surface area contributed by atoms with E-state index < -0.39 is 36.7 Å². The fraction of sp³-hybridized carbons (Fsp3) is 0.458. The van der Waals surface area contributed by atoms with Crippen molar-refractivity contribution in [2.75, 3.05) is 25.0 Å². The summed E-state index contributed by atoms with van der Waals surface area (Å²) in [5.74, 6) is -1.74.